The van der Waals surface area contributed by atoms with Crippen molar-refractivity contribution >= 4 is 17.5 Å². The third-order valence-corrected chi connectivity index (χ3v) is 1.67. The average Bonchev–Trinajstić information content (AvgIpc) is 2.15. The fraction of sp³-hybridized carbons (Fsp3) is 0.250. The minimum absolute atomic E-state index is 0.0668. The molecule has 0 unspecified atom stereocenters. The van der Waals surface area contributed by atoms with E-state index >= 15 is 0 Å². The van der Waals surface area contributed by atoms with Crippen LogP contribution >= 0.6 is 11.6 Å². The number of rotatable bonds is 4. The summed E-state index contributed by atoms with van der Waals surface area (Å²) in [7, 11) is 1.49. The minimum atomic E-state index is -0.634. The maximum absolute atomic E-state index is 10.7. The molecule has 0 fully saturated rings. The normalized spacial score (nSPS) is 9.86. The molecular formula is C8H9ClN2O3. The van der Waals surface area contributed by atoms with Gasteiger partial charge in [-0.3, -0.25) is 4.79 Å². The van der Waals surface area contributed by atoms with Crippen LogP contribution in [0.5, 0.6) is 5.75 Å². The Hall–Kier alpha value is -1.33. The van der Waals surface area contributed by atoms with Crippen molar-refractivity contribution in [3.8, 4) is 5.75 Å². The second-order valence-electron chi connectivity index (χ2n) is 2.40. The van der Waals surface area contributed by atoms with Crippen LogP contribution in [-0.2, 0) is 4.74 Å². The third kappa shape index (κ3) is 2.58. The molecule has 0 aliphatic heterocycles. The molecule has 0 saturated heterocycles. The van der Waals surface area contributed by atoms with Crippen molar-refractivity contribution in [3.05, 3.63) is 23.0 Å². The van der Waals surface area contributed by atoms with Gasteiger partial charge in [0.05, 0.1) is 0 Å². The molecule has 1 amide bonds. The van der Waals surface area contributed by atoms with Gasteiger partial charge in [-0.05, 0) is 12.1 Å². The third-order valence-electron chi connectivity index (χ3n) is 1.40. The van der Waals surface area contributed by atoms with Gasteiger partial charge in [-0.1, -0.05) is 11.6 Å². The lowest BCUT2D eigenvalue weighted by molar-refractivity contribution is 0.0509. The van der Waals surface area contributed by atoms with Crippen molar-refractivity contribution in [2.75, 3.05) is 13.9 Å². The Morgan fingerprint density at radius 3 is 2.86 bits per heavy atom. The highest BCUT2D eigenvalue weighted by molar-refractivity contribution is 6.31. The summed E-state index contributed by atoms with van der Waals surface area (Å²) in [5, 5.41) is 0.0818. The van der Waals surface area contributed by atoms with E-state index in [1.165, 1.54) is 19.2 Å². The number of methoxy groups -OCH3 is 1. The van der Waals surface area contributed by atoms with Gasteiger partial charge in [0.1, 0.15) is 5.69 Å². The van der Waals surface area contributed by atoms with Gasteiger partial charge in [-0.2, -0.15) is 0 Å². The lowest BCUT2D eigenvalue weighted by Gasteiger charge is -2.06. The van der Waals surface area contributed by atoms with E-state index in [4.69, 9.17) is 22.1 Å². The van der Waals surface area contributed by atoms with Crippen LogP contribution in [0, 0.1) is 0 Å². The highest BCUT2D eigenvalue weighted by Gasteiger charge is 2.07. The van der Waals surface area contributed by atoms with E-state index < -0.39 is 5.91 Å². The Balaban J connectivity index is 2.84. The van der Waals surface area contributed by atoms with E-state index in [-0.39, 0.29) is 17.6 Å². The van der Waals surface area contributed by atoms with Crippen molar-refractivity contribution in [2.24, 2.45) is 5.73 Å². The van der Waals surface area contributed by atoms with Crippen LogP contribution in [0.25, 0.3) is 0 Å². The molecule has 14 heavy (non-hydrogen) atoms. The number of pyridine rings is 1. The maximum atomic E-state index is 10.7. The summed E-state index contributed by atoms with van der Waals surface area (Å²) in [5.74, 6) is -0.288. The Kier molecular flexibility index (Phi) is 3.67. The van der Waals surface area contributed by atoms with E-state index in [0.717, 1.165) is 0 Å². The zero-order chi connectivity index (χ0) is 10.6. The molecule has 0 saturated carbocycles. The second-order valence-corrected chi connectivity index (χ2v) is 2.76. The summed E-state index contributed by atoms with van der Waals surface area (Å²) in [5.41, 5.74) is 5.10. The van der Waals surface area contributed by atoms with E-state index in [1.807, 2.05) is 0 Å². The molecule has 5 nitrogen and oxygen atoms in total. The Labute approximate surface area is 85.8 Å². The van der Waals surface area contributed by atoms with Gasteiger partial charge in [0.15, 0.2) is 17.7 Å². The number of carbonyl (C=O) groups is 1. The number of hydrogen-bond acceptors (Lipinski definition) is 4. The monoisotopic (exact) mass is 216 g/mol. The van der Waals surface area contributed by atoms with E-state index in [0.29, 0.717) is 5.75 Å². The van der Waals surface area contributed by atoms with Crippen molar-refractivity contribution in [2.45, 2.75) is 0 Å². The number of aromatic nitrogens is 1. The van der Waals surface area contributed by atoms with Crippen LogP contribution in [0.15, 0.2) is 12.1 Å². The summed E-state index contributed by atoms with van der Waals surface area (Å²) in [6.45, 7) is 0.0668. The smallest absolute Gasteiger partial charge is 0.267 e. The highest BCUT2D eigenvalue weighted by atomic mass is 35.5. The fourth-order valence-electron chi connectivity index (χ4n) is 0.789. The molecule has 0 aliphatic carbocycles. The summed E-state index contributed by atoms with van der Waals surface area (Å²) in [4.78, 5) is 14.4. The molecule has 0 bridgehead atoms. The molecule has 0 atom stereocenters. The summed E-state index contributed by atoms with van der Waals surface area (Å²) in [6.07, 6.45) is 0. The molecule has 6 heteroatoms. The van der Waals surface area contributed by atoms with E-state index in [9.17, 15) is 4.79 Å². The predicted octanol–water partition coefficient (Wildman–Crippen LogP) is 0.817. The minimum Gasteiger partial charge on any atom is -0.464 e. The zero-order valence-corrected chi connectivity index (χ0v) is 8.25. The van der Waals surface area contributed by atoms with Gasteiger partial charge in [0.2, 0.25) is 0 Å². The molecule has 76 valence electrons. The number of amides is 1. The number of primary amides is 1. The van der Waals surface area contributed by atoms with Crippen LogP contribution < -0.4 is 10.5 Å². The van der Waals surface area contributed by atoms with Crippen LogP contribution in [-0.4, -0.2) is 24.8 Å². The van der Waals surface area contributed by atoms with Crippen LogP contribution in [0.4, 0.5) is 0 Å². The van der Waals surface area contributed by atoms with Crippen molar-refractivity contribution < 1.29 is 14.3 Å². The molecule has 0 radical (unpaired) electrons. The average molecular weight is 217 g/mol. The lowest BCUT2D eigenvalue weighted by atomic mass is 10.3. The Bertz CT molecular complexity index is 343. The first kappa shape index (κ1) is 10.7. The first-order valence-corrected chi connectivity index (χ1v) is 4.11. The molecule has 1 aromatic heterocycles. The summed E-state index contributed by atoms with van der Waals surface area (Å²) >= 11 is 5.71. The largest absolute Gasteiger partial charge is 0.464 e. The van der Waals surface area contributed by atoms with Crippen molar-refractivity contribution in [1.29, 1.82) is 0 Å². The van der Waals surface area contributed by atoms with Gasteiger partial charge < -0.3 is 15.2 Å². The number of carbonyl (C=O) groups excluding carboxylic acids is 1. The van der Waals surface area contributed by atoms with Crippen LogP contribution in [0.1, 0.15) is 10.5 Å². The van der Waals surface area contributed by atoms with Gasteiger partial charge in [0.25, 0.3) is 5.91 Å². The quantitative estimate of drug-likeness (QED) is 0.597. The standard InChI is InChI=1S/C8H9ClN2O3/c1-13-4-14-6-3-2-5(8(10)12)11-7(6)9/h2-3H,4H2,1H3,(H2,10,12). The molecule has 1 rings (SSSR count). The number of nitrogens with zero attached hydrogens (tertiary/aromatic N) is 1. The SMILES string of the molecule is COCOc1ccc(C(N)=O)nc1Cl. The van der Waals surface area contributed by atoms with Gasteiger partial charge in [-0.15, -0.1) is 0 Å². The van der Waals surface area contributed by atoms with Crippen LogP contribution in [0.2, 0.25) is 5.15 Å². The zero-order valence-electron chi connectivity index (χ0n) is 7.49. The molecule has 0 aromatic carbocycles. The summed E-state index contributed by atoms with van der Waals surface area (Å²) in [6, 6.07) is 2.94. The first-order valence-electron chi connectivity index (χ1n) is 3.73. The van der Waals surface area contributed by atoms with Gasteiger partial charge in [0, 0.05) is 7.11 Å². The highest BCUT2D eigenvalue weighted by Crippen LogP contribution is 2.21. The second kappa shape index (κ2) is 4.78. The number of nitrogens with two attached hydrogens (primary N) is 1. The predicted molar refractivity (Wildman–Crippen MR) is 50.3 cm³/mol. The van der Waals surface area contributed by atoms with Crippen molar-refractivity contribution in [1.82, 2.24) is 4.98 Å². The van der Waals surface area contributed by atoms with E-state index in [2.05, 4.69) is 9.72 Å². The molecule has 0 spiro atoms. The first-order chi connectivity index (χ1) is 6.65. The Morgan fingerprint density at radius 1 is 1.64 bits per heavy atom. The maximum Gasteiger partial charge on any atom is 0.267 e. The molecule has 1 heterocycles. The lowest BCUT2D eigenvalue weighted by Crippen LogP contribution is -2.13. The van der Waals surface area contributed by atoms with E-state index in [1.54, 1.807) is 0 Å². The number of halogens is 1. The van der Waals surface area contributed by atoms with Gasteiger partial charge in [-0.25, -0.2) is 4.98 Å². The fourth-order valence-corrected chi connectivity index (χ4v) is 0.997. The van der Waals surface area contributed by atoms with Crippen molar-refractivity contribution in [3.63, 3.8) is 0 Å². The molecular weight excluding hydrogens is 208 g/mol. The molecule has 2 N–H and O–H groups in total. The van der Waals surface area contributed by atoms with Gasteiger partial charge >= 0.3 is 0 Å². The number of ether oxygens (including phenoxy) is 2. The van der Waals surface area contributed by atoms with Crippen LogP contribution in [0.3, 0.4) is 0 Å². The number of hydrogen-bond donors (Lipinski definition) is 1. The topological polar surface area (TPSA) is 74.4 Å². The summed E-state index contributed by atoms with van der Waals surface area (Å²) < 4.78 is 9.73. The molecule has 0 aliphatic rings. The molecule has 1 aromatic rings. The Morgan fingerprint density at radius 2 is 2.36 bits per heavy atom.